The summed E-state index contributed by atoms with van der Waals surface area (Å²) < 4.78 is 50.4. The normalized spacial score (nSPS) is 22.2. The monoisotopic (exact) mass is 1060 g/mol. The van der Waals surface area contributed by atoms with Crippen molar-refractivity contribution < 1.29 is 42.5 Å². The van der Waals surface area contributed by atoms with Gasteiger partial charge in [0.2, 0.25) is 5.91 Å². The van der Waals surface area contributed by atoms with Crippen molar-refractivity contribution in [3.8, 4) is 23.0 Å². The number of benzene rings is 3. The number of carbonyl (C=O) groups is 3. The lowest BCUT2D eigenvalue weighted by Crippen LogP contribution is -2.50. The zero-order valence-corrected chi connectivity index (χ0v) is 45.1. The predicted molar refractivity (Wildman–Crippen MR) is 290 cm³/mol. The van der Waals surface area contributed by atoms with Crippen LogP contribution in [0.1, 0.15) is 106 Å². The van der Waals surface area contributed by atoms with Gasteiger partial charge in [0.15, 0.2) is 12.6 Å². The third kappa shape index (κ3) is 11.2. The molecule has 11 rings (SSSR count). The standard InChI is InChI=1S/C59H73F2N9O7/c1-5-43-46(60)10-9-40-29-42(77-37-75-4)31-44(49(40)43)51-50(61)52-45(32-62-51)53(69-21-6-14-57(3,74)34-69)65-55(64-52)76-36-59(17-18-59)35-67-27-25-66(26-28-67)33-39-11-15-58(16-12-39)19-23-68(24-20-58)54(72)41-8-7-38(2)47(30-41)70-22-13-48(71)63-56(70)73/h7-10,29-32,39,74H,5-6,11-28,33-37H2,1-4H3,(H,63,71,73)/t57-/m1/s1. The minimum Gasteiger partial charge on any atom is -0.468 e. The summed E-state index contributed by atoms with van der Waals surface area (Å²) in [7, 11) is 1.52. The van der Waals surface area contributed by atoms with Gasteiger partial charge in [-0.15, -0.1) is 0 Å². The number of likely N-dealkylation sites (tertiary alicyclic amines) is 1. The van der Waals surface area contributed by atoms with Crippen LogP contribution >= 0.6 is 0 Å². The van der Waals surface area contributed by atoms with Gasteiger partial charge in [0.25, 0.3) is 5.91 Å². The number of methoxy groups -OCH3 is 1. The number of piperazine rings is 1. The van der Waals surface area contributed by atoms with Gasteiger partial charge in [-0.1, -0.05) is 19.1 Å². The van der Waals surface area contributed by atoms with Crippen molar-refractivity contribution in [3.05, 3.63) is 77.0 Å². The Hall–Kier alpha value is -6.08. The van der Waals surface area contributed by atoms with E-state index in [2.05, 4.69) is 15.1 Å². The Balaban J connectivity index is 0.707. The maximum atomic E-state index is 17.4. The number of imide groups is 1. The number of piperidine rings is 2. The van der Waals surface area contributed by atoms with E-state index in [9.17, 15) is 19.5 Å². The number of hydrogen-bond donors (Lipinski definition) is 2. The van der Waals surface area contributed by atoms with E-state index in [4.69, 9.17) is 29.2 Å². The number of rotatable bonds is 15. The number of ether oxygens (including phenoxy) is 3. The van der Waals surface area contributed by atoms with E-state index in [1.807, 2.05) is 42.7 Å². The van der Waals surface area contributed by atoms with Crippen molar-refractivity contribution in [1.82, 2.24) is 35.0 Å². The van der Waals surface area contributed by atoms with Gasteiger partial charge in [0.1, 0.15) is 28.6 Å². The molecule has 5 aromatic rings. The molecule has 2 aliphatic carbocycles. The summed E-state index contributed by atoms with van der Waals surface area (Å²) >= 11 is 0. The van der Waals surface area contributed by atoms with Crippen molar-refractivity contribution in [2.45, 2.75) is 103 Å². The molecule has 16 nitrogen and oxygen atoms in total. The summed E-state index contributed by atoms with van der Waals surface area (Å²) in [6.07, 6.45) is 12.4. The molecule has 0 unspecified atom stereocenters. The molecule has 1 atom stereocenters. The third-order valence-corrected chi connectivity index (χ3v) is 17.8. The lowest BCUT2D eigenvalue weighted by molar-refractivity contribution is -0.120. The fourth-order valence-electron chi connectivity index (χ4n) is 13.0. The molecule has 4 saturated heterocycles. The maximum absolute atomic E-state index is 17.4. The second-order valence-corrected chi connectivity index (χ2v) is 23.4. The average molecular weight is 1060 g/mol. The van der Waals surface area contributed by atoms with Gasteiger partial charge in [-0.05, 0) is 148 Å². The second kappa shape index (κ2) is 21.6. The Morgan fingerprint density at radius 3 is 2.36 bits per heavy atom. The summed E-state index contributed by atoms with van der Waals surface area (Å²) in [5.41, 5.74) is 2.26. The second-order valence-electron chi connectivity index (χ2n) is 23.4. The van der Waals surface area contributed by atoms with E-state index < -0.39 is 17.4 Å². The van der Waals surface area contributed by atoms with Crippen molar-refractivity contribution in [2.75, 3.05) is 102 Å². The fraction of sp³-hybridized carbons (Fsp3) is 0.559. The number of anilines is 2. The molecule has 18 heteroatoms. The predicted octanol–water partition coefficient (Wildman–Crippen LogP) is 8.66. The van der Waals surface area contributed by atoms with Crippen molar-refractivity contribution in [3.63, 3.8) is 0 Å². The van der Waals surface area contributed by atoms with E-state index in [0.29, 0.717) is 95.1 Å². The topological polar surface area (TPSA) is 166 Å². The van der Waals surface area contributed by atoms with Crippen LogP contribution in [0.4, 0.5) is 25.1 Å². The van der Waals surface area contributed by atoms with Crippen LogP contribution in [0, 0.1) is 35.3 Å². The molecule has 0 radical (unpaired) electrons. The SMILES string of the molecule is CCc1c(F)ccc2cc(OCOC)cc(-c3ncc4c(N5CCC[C@@](C)(O)C5)nc(OCC5(CN6CCN(CC7CCC8(CC7)CCN(C(=O)c7ccc(C)c(N9CCC(=O)NC9=O)c7)CC8)CC6)CC5)nc4c3F)c12. The molecule has 4 amide bonds. The molecule has 1 spiro atoms. The van der Waals surface area contributed by atoms with Crippen LogP contribution < -0.4 is 24.6 Å². The smallest absolute Gasteiger partial charge is 0.328 e. The van der Waals surface area contributed by atoms with E-state index in [0.717, 1.165) is 90.0 Å². The van der Waals surface area contributed by atoms with Gasteiger partial charge >= 0.3 is 12.0 Å². The highest BCUT2D eigenvalue weighted by molar-refractivity contribution is 6.07. The highest BCUT2D eigenvalue weighted by atomic mass is 19.1. The molecule has 6 fully saturated rings. The first kappa shape index (κ1) is 52.9. The first-order chi connectivity index (χ1) is 37.1. The zero-order chi connectivity index (χ0) is 53.6. The van der Waals surface area contributed by atoms with Crippen molar-refractivity contribution >= 4 is 51.0 Å². The number of halogens is 2. The molecule has 6 heterocycles. The number of aryl methyl sites for hydroxylation is 2. The summed E-state index contributed by atoms with van der Waals surface area (Å²) in [4.78, 5) is 63.2. The molecule has 2 saturated carbocycles. The van der Waals surface area contributed by atoms with Gasteiger partial charge in [-0.2, -0.15) is 9.97 Å². The molecule has 2 aromatic heterocycles. The van der Waals surface area contributed by atoms with Crippen LogP contribution in [0.25, 0.3) is 32.9 Å². The highest BCUT2D eigenvalue weighted by Gasteiger charge is 2.46. The van der Waals surface area contributed by atoms with Crippen molar-refractivity contribution in [2.24, 2.45) is 16.7 Å². The third-order valence-electron chi connectivity index (χ3n) is 17.8. The van der Waals surface area contributed by atoms with Gasteiger partial charge in [-0.25, -0.2) is 13.6 Å². The fourth-order valence-corrected chi connectivity index (χ4v) is 13.0. The zero-order valence-electron chi connectivity index (χ0n) is 45.1. The number of pyridine rings is 1. The van der Waals surface area contributed by atoms with Crippen LogP contribution in [0.15, 0.2) is 48.7 Å². The maximum Gasteiger partial charge on any atom is 0.328 e. The average Bonchev–Trinajstić information content (AvgIpc) is 4.24. The lowest BCUT2D eigenvalue weighted by Gasteiger charge is -2.47. The number of hydrogen-bond acceptors (Lipinski definition) is 13. The Morgan fingerprint density at radius 1 is 0.883 bits per heavy atom. The Labute approximate surface area is 449 Å². The van der Waals surface area contributed by atoms with Gasteiger partial charge in [0, 0.05) is 114 Å². The van der Waals surface area contributed by atoms with Gasteiger partial charge in [0.05, 0.1) is 17.6 Å². The number of urea groups is 1. The lowest BCUT2D eigenvalue weighted by atomic mass is 9.65. The first-order valence-electron chi connectivity index (χ1n) is 27.9. The van der Waals surface area contributed by atoms with Crippen LogP contribution in [0.2, 0.25) is 0 Å². The van der Waals surface area contributed by atoms with Crippen LogP contribution in [0.5, 0.6) is 11.8 Å². The van der Waals surface area contributed by atoms with Crippen LogP contribution in [-0.2, 0) is 16.0 Å². The number of carbonyl (C=O) groups excluding carboxylic acids is 3. The molecule has 410 valence electrons. The molecule has 2 N–H and O–H groups in total. The quantitative estimate of drug-likeness (QED) is 0.0958. The van der Waals surface area contributed by atoms with Gasteiger partial charge in [-0.3, -0.25) is 24.8 Å². The number of nitrogens with one attached hydrogen (secondary N) is 1. The van der Waals surface area contributed by atoms with Crippen molar-refractivity contribution in [1.29, 1.82) is 0 Å². The largest absolute Gasteiger partial charge is 0.468 e. The van der Waals surface area contributed by atoms with E-state index in [1.54, 1.807) is 35.4 Å². The molecular weight excluding hydrogens is 985 g/mol. The number of β-amino-alcohol motifs (C(OH)–C–C–N with tert-alkyl or cyclic N) is 1. The highest BCUT2D eigenvalue weighted by Crippen LogP contribution is 2.49. The van der Waals surface area contributed by atoms with E-state index in [-0.39, 0.29) is 58.9 Å². The Morgan fingerprint density at radius 2 is 1.65 bits per heavy atom. The van der Waals surface area contributed by atoms with Gasteiger partial charge < -0.3 is 38.9 Å². The van der Waals surface area contributed by atoms with Crippen LogP contribution in [0.3, 0.4) is 0 Å². The number of aromatic nitrogens is 3. The number of nitrogens with zero attached hydrogens (tertiary/aromatic N) is 8. The minimum absolute atomic E-state index is 0.00182. The summed E-state index contributed by atoms with van der Waals surface area (Å²) in [5, 5.41) is 15.2. The molecule has 77 heavy (non-hydrogen) atoms. The van der Waals surface area contributed by atoms with E-state index in [1.165, 1.54) is 38.9 Å². The first-order valence-corrected chi connectivity index (χ1v) is 27.9. The summed E-state index contributed by atoms with van der Waals surface area (Å²) in [6.45, 7) is 14.7. The Bertz CT molecular complexity index is 3050. The van der Waals surface area contributed by atoms with Crippen LogP contribution in [-0.4, -0.2) is 151 Å². The summed E-state index contributed by atoms with van der Waals surface area (Å²) in [5.74, 6) is 0.204. The van der Waals surface area contributed by atoms with E-state index >= 15 is 8.78 Å². The summed E-state index contributed by atoms with van der Waals surface area (Å²) in [6, 6.07) is 11.7. The molecule has 3 aromatic carbocycles. The minimum atomic E-state index is -0.965. The number of aliphatic hydroxyl groups is 1. The molecular formula is C59H73F2N9O7. The molecule has 4 aliphatic heterocycles. The Kier molecular flexibility index (Phi) is 14.9. The number of amides is 4. The number of fused-ring (bicyclic) bond motifs is 2. The molecule has 0 bridgehead atoms. The molecule has 6 aliphatic rings.